The number of nitrogens with zero attached hydrogens (tertiary/aromatic N) is 2. The van der Waals surface area contributed by atoms with E-state index in [2.05, 4.69) is 20.9 Å². The molecule has 0 saturated carbocycles. The van der Waals surface area contributed by atoms with Crippen LogP contribution < -0.4 is 15.0 Å². The Labute approximate surface area is 170 Å². The molecule has 5 nitrogen and oxygen atoms in total. The van der Waals surface area contributed by atoms with E-state index in [0.717, 1.165) is 28.9 Å². The number of aromatic nitrogens is 2. The van der Waals surface area contributed by atoms with E-state index in [1.165, 1.54) is 6.07 Å². The summed E-state index contributed by atoms with van der Waals surface area (Å²) >= 11 is 9.18. The minimum Gasteiger partial charge on any atom is -0.494 e. The van der Waals surface area contributed by atoms with Gasteiger partial charge in [0.1, 0.15) is 18.1 Å². The molecule has 3 rings (SSSR count). The van der Waals surface area contributed by atoms with E-state index in [1.54, 1.807) is 35.2 Å². The van der Waals surface area contributed by atoms with Crippen LogP contribution >= 0.6 is 27.5 Å². The Morgan fingerprint density at radius 2 is 1.85 bits per heavy atom. The highest BCUT2D eigenvalue weighted by atomic mass is 79.9. The van der Waals surface area contributed by atoms with Crippen molar-refractivity contribution in [1.29, 1.82) is 0 Å². The first kappa shape index (κ1) is 19.5. The van der Waals surface area contributed by atoms with Crippen molar-refractivity contribution in [2.24, 2.45) is 0 Å². The molecule has 3 aromatic rings. The molecule has 0 N–H and O–H groups in total. The molecule has 2 heterocycles. The van der Waals surface area contributed by atoms with Crippen molar-refractivity contribution in [1.82, 2.24) is 9.55 Å². The van der Waals surface area contributed by atoms with Crippen LogP contribution in [0, 0.1) is 0 Å². The summed E-state index contributed by atoms with van der Waals surface area (Å²) in [6, 6.07) is 14.1. The molecule has 1 aromatic carbocycles. The van der Waals surface area contributed by atoms with Gasteiger partial charge < -0.3 is 9.47 Å². The Morgan fingerprint density at radius 3 is 2.52 bits per heavy atom. The molecule has 0 atom stereocenters. The molecule has 140 valence electrons. The summed E-state index contributed by atoms with van der Waals surface area (Å²) in [6.07, 6.45) is 4.19. The van der Waals surface area contributed by atoms with E-state index in [0.29, 0.717) is 17.4 Å². The number of alkyl halides is 1. The highest BCUT2D eigenvalue weighted by Crippen LogP contribution is 2.16. The van der Waals surface area contributed by atoms with Crippen molar-refractivity contribution in [3.05, 3.63) is 82.0 Å². The molecule has 7 heteroatoms. The molecule has 0 fully saturated rings. The average molecular weight is 450 g/mol. The summed E-state index contributed by atoms with van der Waals surface area (Å²) in [6.45, 7) is 0.917. The van der Waals surface area contributed by atoms with Gasteiger partial charge in [-0.05, 0) is 48.9 Å². The first-order chi connectivity index (χ1) is 13.2. The molecule has 0 aliphatic heterocycles. The Balaban J connectivity index is 1.65. The number of halogens is 2. The molecule has 27 heavy (non-hydrogen) atoms. The van der Waals surface area contributed by atoms with Crippen molar-refractivity contribution in [3.8, 4) is 17.2 Å². The van der Waals surface area contributed by atoms with Gasteiger partial charge in [0.25, 0.3) is 5.56 Å². The van der Waals surface area contributed by atoms with E-state index in [-0.39, 0.29) is 12.2 Å². The molecule has 0 amide bonds. The summed E-state index contributed by atoms with van der Waals surface area (Å²) in [7, 11) is 0. The average Bonchev–Trinajstić information content (AvgIpc) is 2.69. The number of ether oxygens (including phenoxy) is 2. The molecular weight excluding hydrogens is 432 g/mol. The lowest BCUT2D eigenvalue weighted by Gasteiger charge is -2.10. The largest absolute Gasteiger partial charge is 0.494 e. The van der Waals surface area contributed by atoms with Crippen molar-refractivity contribution < 1.29 is 9.47 Å². The van der Waals surface area contributed by atoms with Gasteiger partial charge >= 0.3 is 0 Å². The van der Waals surface area contributed by atoms with Crippen molar-refractivity contribution in [2.45, 2.75) is 13.0 Å². The van der Waals surface area contributed by atoms with Crippen LogP contribution in [0.4, 0.5) is 0 Å². The highest BCUT2D eigenvalue weighted by molar-refractivity contribution is 9.09. The van der Waals surface area contributed by atoms with Gasteiger partial charge in [-0.1, -0.05) is 27.5 Å². The van der Waals surface area contributed by atoms with E-state index >= 15 is 0 Å². The van der Waals surface area contributed by atoms with Gasteiger partial charge in [0.05, 0.1) is 17.3 Å². The van der Waals surface area contributed by atoms with Crippen LogP contribution in [0.1, 0.15) is 12.1 Å². The predicted molar refractivity (Wildman–Crippen MR) is 110 cm³/mol. The standard InChI is InChI=1S/C20H18BrClN2O3/c21-9-1-11-26-18-6-4-17(5-7-18)24-10-8-19(12-20(24)25)27-14-16-3-2-15(22)13-23-16/h2-8,10,12-13H,1,9,11,14H2. The Bertz CT molecular complexity index is 927. The third kappa shape index (κ3) is 5.58. The van der Waals surface area contributed by atoms with Crippen molar-refractivity contribution in [3.63, 3.8) is 0 Å². The molecule has 0 radical (unpaired) electrons. The summed E-state index contributed by atoms with van der Waals surface area (Å²) in [5, 5.41) is 1.48. The molecule has 0 saturated heterocycles. The molecular formula is C20H18BrClN2O3. The maximum Gasteiger partial charge on any atom is 0.258 e. The minimum atomic E-state index is -0.176. The molecule has 0 bridgehead atoms. The zero-order valence-corrected chi connectivity index (χ0v) is 16.8. The maximum atomic E-state index is 12.4. The highest BCUT2D eigenvalue weighted by Gasteiger charge is 2.04. The number of rotatable bonds is 8. The van der Waals surface area contributed by atoms with Gasteiger partial charge in [-0.2, -0.15) is 0 Å². The Morgan fingerprint density at radius 1 is 1.04 bits per heavy atom. The quantitative estimate of drug-likeness (QED) is 0.372. The van der Waals surface area contributed by atoms with Crippen molar-refractivity contribution in [2.75, 3.05) is 11.9 Å². The molecule has 2 aromatic heterocycles. The number of benzene rings is 1. The van der Waals surface area contributed by atoms with E-state index in [1.807, 2.05) is 24.3 Å². The lowest BCUT2D eigenvalue weighted by Crippen LogP contribution is -2.16. The van der Waals surface area contributed by atoms with E-state index in [9.17, 15) is 4.79 Å². The van der Waals surface area contributed by atoms with Crippen LogP contribution in [0.3, 0.4) is 0 Å². The first-order valence-corrected chi connectivity index (χ1v) is 9.91. The number of hydrogen-bond donors (Lipinski definition) is 0. The van der Waals surface area contributed by atoms with Crippen LogP contribution in [-0.4, -0.2) is 21.5 Å². The second-order valence-electron chi connectivity index (χ2n) is 5.71. The normalized spacial score (nSPS) is 10.6. The summed E-state index contributed by atoms with van der Waals surface area (Å²) in [5.41, 5.74) is 1.32. The summed E-state index contributed by atoms with van der Waals surface area (Å²) < 4.78 is 12.8. The molecule has 0 spiro atoms. The molecule has 0 aliphatic carbocycles. The lowest BCUT2D eigenvalue weighted by atomic mass is 10.3. The Hall–Kier alpha value is -2.31. The van der Waals surface area contributed by atoms with Crippen LogP contribution in [0.5, 0.6) is 11.5 Å². The molecule has 0 unspecified atom stereocenters. The number of pyridine rings is 2. The minimum absolute atomic E-state index is 0.176. The van der Waals surface area contributed by atoms with Gasteiger partial charge in [-0.25, -0.2) is 0 Å². The van der Waals surface area contributed by atoms with Gasteiger partial charge in [0.2, 0.25) is 0 Å². The number of hydrogen-bond acceptors (Lipinski definition) is 4. The fourth-order valence-corrected chi connectivity index (χ4v) is 2.70. The van der Waals surface area contributed by atoms with E-state index in [4.69, 9.17) is 21.1 Å². The van der Waals surface area contributed by atoms with Crippen LogP contribution in [0.25, 0.3) is 5.69 Å². The monoisotopic (exact) mass is 448 g/mol. The van der Waals surface area contributed by atoms with Crippen LogP contribution in [0.15, 0.2) is 65.7 Å². The zero-order chi connectivity index (χ0) is 19.1. The second kappa shape index (κ2) is 9.58. The summed E-state index contributed by atoms with van der Waals surface area (Å²) in [5.74, 6) is 1.27. The molecule has 0 aliphatic rings. The lowest BCUT2D eigenvalue weighted by molar-refractivity contribution is 0.300. The fourth-order valence-electron chi connectivity index (χ4n) is 2.36. The predicted octanol–water partition coefficient (Wildman–Crippen LogP) is 4.63. The smallest absolute Gasteiger partial charge is 0.258 e. The van der Waals surface area contributed by atoms with Gasteiger partial charge in [-0.15, -0.1) is 0 Å². The third-order valence-corrected chi connectivity index (χ3v) is 4.51. The fraction of sp³-hybridized carbons (Fsp3) is 0.200. The van der Waals surface area contributed by atoms with Crippen LogP contribution in [-0.2, 0) is 6.61 Å². The van der Waals surface area contributed by atoms with Gasteiger partial charge in [0, 0.05) is 29.5 Å². The summed E-state index contributed by atoms with van der Waals surface area (Å²) in [4.78, 5) is 16.6. The van der Waals surface area contributed by atoms with Crippen LogP contribution in [0.2, 0.25) is 5.02 Å². The van der Waals surface area contributed by atoms with E-state index < -0.39 is 0 Å². The van der Waals surface area contributed by atoms with Crippen molar-refractivity contribution >= 4 is 27.5 Å². The SMILES string of the molecule is O=c1cc(OCc2ccc(Cl)cn2)ccn1-c1ccc(OCCCBr)cc1. The van der Waals surface area contributed by atoms with Gasteiger partial charge in [0.15, 0.2) is 0 Å². The maximum absolute atomic E-state index is 12.4. The van der Waals surface area contributed by atoms with Gasteiger partial charge in [-0.3, -0.25) is 14.3 Å². The zero-order valence-electron chi connectivity index (χ0n) is 14.5. The Kier molecular flexibility index (Phi) is 6.90. The first-order valence-electron chi connectivity index (χ1n) is 8.41. The topological polar surface area (TPSA) is 53.3 Å². The second-order valence-corrected chi connectivity index (χ2v) is 6.94. The third-order valence-electron chi connectivity index (χ3n) is 3.73.